The normalized spacial score (nSPS) is 13.8. The van der Waals surface area contributed by atoms with Crippen LogP contribution in [0.15, 0.2) is 97.2 Å². The Morgan fingerprint density at radius 3 is 1.33 bits per heavy atom. The molecular weight excluding hydrogens is 763 g/mol. The molecule has 0 aromatic rings. The Morgan fingerprint density at radius 2 is 0.885 bits per heavy atom. The monoisotopic (exact) mass is 850 g/mol. The second-order valence-electron chi connectivity index (χ2n) is 16.6. The van der Waals surface area contributed by atoms with Gasteiger partial charge in [0.1, 0.15) is 12.6 Å². The molecule has 0 amide bonds. The molecule has 0 aliphatic carbocycles. The summed E-state index contributed by atoms with van der Waals surface area (Å²) in [5, 5.41) is 11.6. The van der Waals surface area contributed by atoms with E-state index in [1.807, 2.05) is 0 Å². The average molecular weight is 850 g/mol. The lowest BCUT2D eigenvalue weighted by atomic mass is 10.1. The van der Waals surface area contributed by atoms with Crippen molar-refractivity contribution >= 4 is 17.9 Å². The van der Waals surface area contributed by atoms with Gasteiger partial charge >= 0.3 is 11.9 Å². The van der Waals surface area contributed by atoms with Gasteiger partial charge < -0.3 is 28.6 Å². The van der Waals surface area contributed by atoms with E-state index in [9.17, 15) is 19.5 Å². The molecular formula is C53H87NO7. The largest absolute Gasteiger partial charge is 0.544 e. The lowest BCUT2D eigenvalue weighted by molar-refractivity contribution is -0.889. The minimum absolute atomic E-state index is 0.0111. The average Bonchev–Trinajstić information content (AvgIpc) is 3.22. The van der Waals surface area contributed by atoms with Crippen LogP contribution >= 0.6 is 0 Å². The van der Waals surface area contributed by atoms with E-state index in [1.54, 1.807) is 21.1 Å². The SMILES string of the molecule is CC/C=C/C/C=C/C/C=C/C/C=C/C/C=C/CCCC(=O)OC(COCCC(C(=O)[O-])[N+](C)(C)C)COC(=O)CCCCCCCCCCCC/C=C/C/C=C/C/C=C/CC. The minimum atomic E-state index is -1.14. The van der Waals surface area contributed by atoms with Crippen LogP contribution in [0.4, 0.5) is 0 Å². The van der Waals surface area contributed by atoms with Crippen molar-refractivity contribution in [1.82, 2.24) is 0 Å². The first-order valence-electron chi connectivity index (χ1n) is 23.8. The molecule has 0 bridgehead atoms. The van der Waals surface area contributed by atoms with Gasteiger partial charge in [0, 0.05) is 19.3 Å². The number of carbonyl (C=O) groups excluding carboxylic acids is 3. The Kier molecular flexibility index (Phi) is 40.3. The molecule has 0 saturated heterocycles. The molecule has 8 heteroatoms. The van der Waals surface area contributed by atoms with Crippen molar-refractivity contribution in [3.05, 3.63) is 97.2 Å². The highest BCUT2D eigenvalue weighted by Gasteiger charge is 2.25. The maximum atomic E-state index is 12.7. The number of carbonyl (C=O) groups is 3. The maximum absolute atomic E-state index is 12.7. The number of hydrogen-bond acceptors (Lipinski definition) is 7. The van der Waals surface area contributed by atoms with E-state index in [0.29, 0.717) is 12.8 Å². The van der Waals surface area contributed by atoms with Crippen molar-refractivity contribution in [1.29, 1.82) is 0 Å². The van der Waals surface area contributed by atoms with Gasteiger partial charge in [0.05, 0.1) is 40.3 Å². The summed E-state index contributed by atoms with van der Waals surface area (Å²) < 4.78 is 17.1. The lowest BCUT2D eigenvalue weighted by Crippen LogP contribution is -2.55. The van der Waals surface area contributed by atoms with Crippen LogP contribution in [0.2, 0.25) is 0 Å². The second kappa shape index (κ2) is 42.9. The number of nitrogens with zero attached hydrogens (tertiary/aromatic N) is 1. The first-order valence-corrected chi connectivity index (χ1v) is 23.8. The molecule has 0 saturated carbocycles. The molecule has 0 radical (unpaired) electrons. The molecule has 0 spiro atoms. The molecule has 0 aliphatic heterocycles. The van der Waals surface area contributed by atoms with E-state index < -0.39 is 18.1 Å². The van der Waals surface area contributed by atoms with Gasteiger partial charge in [-0.2, -0.15) is 0 Å². The molecule has 0 rings (SSSR count). The maximum Gasteiger partial charge on any atom is 0.306 e. The van der Waals surface area contributed by atoms with Crippen molar-refractivity contribution in [2.75, 3.05) is 41.0 Å². The van der Waals surface area contributed by atoms with Gasteiger partial charge in [-0.3, -0.25) is 9.59 Å². The zero-order chi connectivity index (χ0) is 44.9. The molecule has 0 aromatic heterocycles. The van der Waals surface area contributed by atoms with Crippen LogP contribution in [0.1, 0.15) is 168 Å². The second-order valence-corrected chi connectivity index (χ2v) is 16.6. The molecule has 61 heavy (non-hydrogen) atoms. The van der Waals surface area contributed by atoms with E-state index in [4.69, 9.17) is 14.2 Å². The number of likely N-dealkylation sites (N-methyl/N-ethyl adjacent to an activating group) is 1. The van der Waals surface area contributed by atoms with Gasteiger partial charge in [-0.25, -0.2) is 0 Å². The number of rotatable bonds is 41. The van der Waals surface area contributed by atoms with Crippen LogP contribution in [0.25, 0.3) is 0 Å². The first-order chi connectivity index (χ1) is 29.6. The molecule has 346 valence electrons. The summed E-state index contributed by atoms with van der Waals surface area (Å²) in [7, 11) is 5.38. The third-order valence-electron chi connectivity index (χ3n) is 9.97. The van der Waals surface area contributed by atoms with Crippen molar-refractivity contribution in [3.63, 3.8) is 0 Å². The smallest absolute Gasteiger partial charge is 0.306 e. The summed E-state index contributed by atoms with van der Waals surface area (Å²) in [4.78, 5) is 36.9. The molecule has 0 aliphatic rings. The topological polar surface area (TPSA) is 102 Å². The van der Waals surface area contributed by atoms with Crippen LogP contribution in [0.3, 0.4) is 0 Å². The van der Waals surface area contributed by atoms with Crippen LogP contribution in [0, 0.1) is 0 Å². The highest BCUT2D eigenvalue weighted by molar-refractivity contribution is 5.70. The third-order valence-corrected chi connectivity index (χ3v) is 9.97. The molecule has 2 atom stereocenters. The van der Waals surface area contributed by atoms with Crippen molar-refractivity contribution in [2.24, 2.45) is 0 Å². The van der Waals surface area contributed by atoms with Gasteiger partial charge in [-0.05, 0) is 83.5 Å². The number of allylic oxidation sites excluding steroid dienone is 16. The standard InChI is InChI=1S/C53H87NO7/c1-6-8-10-12-14-16-18-20-22-24-25-26-28-29-31-33-35-37-39-41-43-51(55)60-48-49(47-59-46-45-50(53(57)58)54(3,4)5)61-52(56)44-42-40-38-36-34-32-30-27-23-21-19-17-15-13-11-9-7-2/h8-11,14-17,20-23,30,32,36,38,49-50H,6-7,12-13,18-19,24-29,31,33-35,37,39-48H2,1-5H3/b10-8+,11-9+,16-14+,17-15+,22-20+,23-21+,32-30+,38-36+. The summed E-state index contributed by atoms with van der Waals surface area (Å²) in [5.74, 6) is -1.83. The Morgan fingerprint density at radius 1 is 0.492 bits per heavy atom. The highest BCUT2D eigenvalue weighted by atomic mass is 16.6. The number of aliphatic carboxylic acids is 1. The van der Waals surface area contributed by atoms with Gasteiger partial charge in [-0.1, -0.05) is 162 Å². The zero-order valence-electron chi connectivity index (χ0n) is 39.3. The van der Waals surface area contributed by atoms with Crippen molar-refractivity contribution < 1.29 is 38.2 Å². The van der Waals surface area contributed by atoms with E-state index in [2.05, 4.69) is 111 Å². The molecule has 0 N–H and O–H groups in total. The fourth-order valence-corrected chi connectivity index (χ4v) is 6.36. The Bertz CT molecular complexity index is 1310. The fraction of sp³-hybridized carbons (Fsp3) is 0.642. The Balaban J connectivity index is 4.38. The van der Waals surface area contributed by atoms with E-state index >= 15 is 0 Å². The molecule has 8 nitrogen and oxygen atoms in total. The van der Waals surface area contributed by atoms with Gasteiger partial charge in [0.25, 0.3) is 0 Å². The zero-order valence-corrected chi connectivity index (χ0v) is 39.3. The predicted molar refractivity (Wildman–Crippen MR) is 254 cm³/mol. The molecule has 0 heterocycles. The van der Waals surface area contributed by atoms with Gasteiger partial charge in [0.15, 0.2) is 6.10 Å². The van der Waals surface area contributed by atoms with Crippen LogP contribution < -0.4 is 5.11 Å². The number of hydrogen-bond donors (Lipinski definition) is 0. The van der Waals surface area contributed by atoms with E-state index in [1.165, 1.54) is 51.4 Å². The van der Waals surface area contributed by atoms with E-state index in [-0.39, 0.29) is 49.1 Å². The number of unbranched alkanes of at least 4 members (excludes halogenated alkanes) is 11. The quantitative estimate of drug-likeness (QED) is 0.0261. The number of carboxylic acids is 1. The van der Waals surface area contributed by atoms with E-state index in [0.717, 1.165) is 77.0 Å². The Hall–Kier alpha value is -3.75. The fourth-order valence-electron chi connectivity index (χ4n) is 6.36. The lowest BCUT2D eigenvalue weighted by Gasteiger charge is -2.34. The highest BCUT2D eigenvalue weighted by Crippen LogP contribution is 2.14. The predicted octanol–water partition coefficient (Wildman–Crippen LogP) is 12.1. The molecule has 0 fully saturated rings. The minimum Gasteiger partial charge on any atom is -0.544 e. The number of carboxylic acid groups (broad SMARTS) is 1. The summed E-state index contributed by atoms with van der Waals surface area (Å²) in [6, 6.07) is -0.742. The first kappa shape index (κ1) is 57.2. The molecule has 0 aromatic carbocycles. The van der Waals surface area contributed by atoms with Crippen LogP contribution in [0.5, 0.6) is 0 Å². The molecule has 2 unspecified atom stereocenters. The van der Waals surface area contributed by atoms with Crippen LogP contribution in [-0.4, -0.2) is 75.5 Å². The van der Waals surface area contributed by atoms with Crippen molar-refractivity contribution in [3.8, 4) is 0 Å². The third kappa shape index (κ3) is 41.4. The summed E-state index contributed by atoms with van der Waals surface area (Å²) in [5.41, 5.74) is 0. The number of ether oxygens (including phenoxy) is 3. The van der Waals surface area contributed by atoms with Gasteiger partial charge in [0.2, 0.25) is 0 Å². The Labute approximate surface area is 373 Å². The number of quaternary nitrogens is 1. The summed E-state index contributed by atoms with van der Waals surface area (Å²) >= 11 is 0. The van der Waals surface area contributed by atoms with Crippen molar-refractivity contribution in [2.45, 2.75) is 180 Å². The summed E-state index contributed by atoms with van der Waals surface area (Å²) in [6.07, 6.45) is 57.3. The summed E-state index contributed by atoms with van der Waals surface area (Å²) in [6.45, 7) is 4.36. The number of esters is 2. The van der Waals surface area contributed by atoms with Crippen LogP contribution in [-0.2, 0) is 28.6 Å². The van der Waals surface area contributed by atoms with Gasteiger partial charge in [-0.15, -0.1) is 0 Å².